The first-order chi connectivity index (χ1) is 7.83. The van der Waals surface area contributed by atoms with Gasteiger partial charge in [0.15, 0.2) is 0 Å². The second kappa shape index (κ2) is 4.82. The molecular formula is C12H22BrNO2S. The van der Waals surface area contributed by atoms with Crippen molar-refractivity contribution in [3.8, 4) is 0 Å². The van der Waals surface area contributed by atoms with Crippen LogP contribution in [0.2, 0.25) is 0 Å². The van der Waals surface area contributed by atoms with Gasteiger partial charge in [-0.3, -0.25) is 0 Å². The first kappa shape index (κ1) is 13.8. The molecule has 17 heavy (non-hydrogen) atoms. The molecule has 2 aliphatic rings. The van der Waals surface area contributed by atoms with E-state index in [9.17, 15) is 8.42 Å². The van der Waals surface area contributed by atoms with Crippen LogP contribution in [-0.4, -0.2) is 36.9 Å². The van der Waals surface area contributed by atoms with Crippen LogP contribution in [0.5, 0.6) is 0 Å². The summed E-state index contributed by atoms with van der Waals surface area (Å²) in [6.07, 6.45) is 7.32. The summed E-state index contributed by atoms with van der Waals surface area (Å²) in [6, 6.07) is 0. The van der Waals surface area contributed by atoms with E-state index in [1.807, 2.05) is 0 Å². The van der Waals surface area contributed by atoms with Crippen molar-refractivity contribution in [1.82, 2.24) is 4.31 Å². The normalized spacial score (nSPS) is 31.1. The summed E-state index contributed by atoms with van der Waals surface area (Å²) >= 11 is 3.71. The predicted octanol–water partition coefficient (Wildman–Crippen LogP) is 2.61. The first-order valence-corrected chi connectivity index (χ1v) is 9.19. The maximum atomic E-state index is 11.6. The van der Waals surface area contributed by atoms with Gasteiger partial charge in [-0.25, -0.2) is 12.7 Å². The smallest absolute Gasteiger partial charge is 0.211 e. The van der Waals surface area contributed by atoms with Gasteiger partial charge in [0.1, 0.15) is 0 Å². The summed E-state index contributed by atoms with van der Waals surface area (Å²) in [6.45, 7) is 3.68. The summed E-state index contributed by atoms with van der Waals surface area (Å²) < 4.78 is 24.8. The number of piperidine rings is 1. The lowest BCUT2D eigenvalue weighted by molar-refractivity contribution is 0.223. The van der Waals surface area contributed by atoms with Crippen LogP contribution in [0.3, 0.4) is 0 Å². The second-order valence-corrected chi connectivity index (χ2v) is 9.17. The van der Waals surface area contributed by atoms with E-state index in [2.05, 4.69) is 22.9 Å². The molecule has 1 heterocycles. The Morgan fingerprint density at radius 3 is 2.59 bits per heavy atom. The molecule has 0 aromatic heterocycles. The first-order valence-electron chi connectivity index (χ1n) is 6.43. The van der Waals surface area contributed by atoms with Crippen LogP contribution >= 0.6 is 15.9 Å². The van der Waals surface area contributed by atoms with Gasteiger partial charge in [-0.15, -0.1) is 0 Å². The number of hydrogen-bond donors (Lipinski definition) is 0. The maximum Gasteiger partial charge on any atom is 0.211 e. The topological polar surface area (TPSA) is 37.4 Å². The van der Waals surface area contributed by atoms with Gasteiger partial charge in [-0.2, -0.15) is 0 Å². The van der Waals surface area contributed by atoms with Gasteiger partial charge in [0, 0.05) is 17.9 Å². The monoisotopic (exact) mass is 323 g/mol. The molecule has 2 rings (SSSR count). The summed E-state index contributed by atoms with van der Waals surface area (Å²) in [4.78, 5) is 0.559. The SMILES string of the molecule is CC(Br)C1(CC2CCCN(S(C)(=O)=O)C2)CC1. The van der Waals surface area contributed by atoms with Gasteiger partial charge in [0.05, 0.1) is 6.26 Å². The molecule has 1 saturated heterocycles. The van der Waals surface area contributed by atoms with Crippen LogP contribution in [0.15, 0.2) is 0 Å². The van der Waals surface area contributed by atoms with Crippen molar-refractivity contribution in [2.24, 2.45) is 11.3 Å². The number of nitrogens with zero attached hydrogens (tertiary/aromatic N) is 1. The molecule has 0 radical (unpaired) electrons. The van der Waals surface area contributed by atoms with Gasteiger partial charge >= 0.3 is 0 Å². The highest BCUT2D eigenvalue weighted by Crippen LogP contribution is 2.56. The van der Waals surface area contributed by atoms with Crippen molar-refractivity contribution in [2.75, 3.05) is 19.3 Å². The molecule has 1 saturated carbocycles. The minimum absolute atomic E-state index is 0.463. The second-order valence-electron chi connectivity index (χ2n) is 5.81. The molecule has 1 aliphatic heterocycles. The van der Waals surface area contributed by atoms with Crippen molar-refractivity contribution >= 4 is 26.0 Å². The third-order valence-corrected chi connectivity index (χ3v) is 6.62. The van der Waals surface area contributed by atoms with E-state index in [1.165, 1.54) is 31.9 Å². The number of halogens is 1. The Morgan fingerprint density at radius 1 is 1.47 bits per heavy atom. The van der Waals surface area contributed by atoms with Crippen LogP contribution < -0.4 is 0 Å². The average molecular weight is 324 g/mol. The molecule has 0 aromatic rings. The molecule has 2 fully saturated rings. The highest BCUT2D eigenvalue weighted by Gasteiger charge is 2.47. The molecular weight excluding hydrogens is 302 g/mol. The Balaban J connectivity index is 1.95. The van der Waals surface area contributed by atoms with Gasteiger partial charge in [0.25, 0.3) is 0 Å². The number of sulfonamides is 1. The minimum atomic E-state index is -2.99. The van der Waals surface area contributed by atoms with E-state index >= 15 is 0 Å². The Kier molecular flexibility index (Phi) is 3.91. The van der Waals surface area contributed by atoms with E-state index in [1.54, 1.807) is 4.31 Å². The average Bonchev–Trinajstić information content (AvgIpc) is 2.98. The molecule has 2 atom stereocenters. The molecule has 3 nitrogen and oxygen atoms in total. The van der Waals surface area contributed by atoms with Crippen LogP contribution in [0.1, 0.15) is 39.0 Å². The highest BCUT2D eigenvalue weighted by atomic mass is 79.9. The molecule has 5 heteroatoms. The Morgan fingerprint density at radius 2 is 2.12 bits per heavy atom. The standard InChI is InChI=1S/C12H22BrNO2S/c1-10(13)12(5-6-12)8-11-4-3-7-14(9-11)17(2,15)16/h10-11H,3-9H2,1-2H3. The highest BCUT2D eigenvalue weighted by molar-refractivity contribution is 9.09. The summed E-state index contributed by atoms with van der Waals surface area (Å²) in [5.74, 6) is 0.556. The molecule has 0 amide bonds. The zero-order chi connectivity index (χ0) is 12.7. The van der Waals surface area contributed by atoms with Crippen LogP contribution in [0, 0.1) is 11.3 Å². The number of hydrogen-bond acceptors (Lipinski definition) is 2. The largest absolute Gasteiger partial charge is 0.213 e. The van der Waals surface area contributed by atoms with E-state index in [-0.39, 0.29) is 0 Å². The van der Waals surface area contributed by atoms with E-state index < -0.39 is 10.0 Å². The lowest BCUT2D eigenvalue weighted by Gasteiger charge is -2.33. The van der Waals surface area contributed by atoms with Crippen molar-refractivity contribution in [2.45, 2.75) is 43.9 Å². The third kappa shape index (κ3) is 3.24. The predicted molar refractivity (Wildman–Crippen MR) is 73.8 cm³/mol. The van der Waals surface area contributed by atoms with Crippen molar-refractivity contribution in [1.29, 1.82) is 0 Å². The third-order valence-electron chi connectivity index (χ3n) is 4.38. The fraction of sp³-hybridized carbons (Fsp3) is 1.00. The Bertz CT molecular complexity index is 376. The number of alkyl halides is 1. The summed E-state index contributed by atoms with van der Waals surface area (Å²) in [7, 11) is -2.99. The van der Waals surface area contributed by atoms with Gasteiger partial charge in [0.2, 0.25) is 10.0 Å². The van der Waals surface area contributed by atoms with E-state index in [4.69, 9.17) is 0 Å². The fourth-order valence-electron chi connectivity index (χ4n) is 2.99. The molecule has 0 bridgehead atoms. The quantitative estimate of drug-likeness (QED) is 0.746. The van der Waals surface area contributed by atoms with Gasteiger partial charge < -0.3 is 0 Å². The minimum Gasteiger partial charge on any atom is -0.213 e. The van der Waals surface area contributed by atoms with Crippen LogP contribution in [0.4, 0.5) is 0 Å². The zero-order valence-electron chi connectivity index (χ0n) is 10.7. The molecule has 0 N–H and O–H groups in total. The summed E-state index contributed by atoms with van der Waals surface area (Å²) in [5, 5.41) is 0. The summed E-state index contributed by atoms with van der Waals surface area (Å²) in [5.41, 5.74) is 0.463. The van der Waals surface area contributed by atoms with E-state index in [0.29, 0.717) is 22.7 Å². The lowest BCUT2D eigenvalue weighted by atomic mass is 9.85. The van der Waals surface area contributed by atoms with Crippen LogP contribution in [-0.2, 0) is 10.0 Å². The Labute approximate surface area is 113 Å². The van der Waals surface area contributed by atoms with Crippen molar-refractivity contribution < 1.29 is 8.42 Å². The molecule has 0 spiro atoms. The van der Waals surface area contributed by atoms with E-state index in [0.717, 1.165) is 13.0 Å². The van der Waals surface area contributed by atoms with Gasteiger partial charge in [-0.05, 0) is 43.4 Å². The lowest BCUT2D eigenvalue weighted by Crippen LogP contribution is -2.40. The molecule has 0 aromatic carbocycles. The Hall–Kier alpha value is 0.390. The van der Waals surface area contributed by atoms with Crippen LogP contribution in [0.25, 0.3) is 0 Å². The molecule has 100 valence electrons. The maximum absolute atomic E-state index is 11.6. The van der Waals surface area contributed by atoms with Gasteiger partial charge in [-0.1, -0.05) is 22.9 Å². The fourth-order valence-corrected chi connectivity index (χ4v) is 4.58. The molecule has 2 unspecified atom stereocenters. The van der Waals surface area contributed by atoms with Crippen molar-refractivity contribution in [3.63, 3.8) is 0 Å². The molecule has 1 aliphatic carbocycles. The number of rotatable bonds is 4. The van der Waals surface area contributed by atoms with Crippen molar-refractivity contribution in [3.05, 3.63) is 0 Å². The zero-order valence-corrected chi connectivity index (χ0v) is 13.1.